The molecule has 0 bridgehead atoms. The molecule has 0 radical (unpaired) electrons. The molecule has 0 spiro atoms. The lowest BCUT2D eigenvalue weighted by atomic mass is 10.0. The van der Waals surface area contributed by atoms with Crippen LogP contribution >= 0.6 is 0 Å². The molecule has 1 amide bonds. The molecule has 4 N–H and O–H groups in total. The zero-order valence-electron chi connectivity index (χ0n) is 40.9. The average molecular weight is 848 g/mol. The highest BCUT2D eigenvalue weighted by Gasteiger charge is 2.22. The number of nitrogens with one attached hydrogen (secondary N) is 1. The average Bonchev–Trinajstić information content (AvgIpc) is 3.25. The van der Waals surface area contributed by atoms with E-state index in [0.717, 1.165) is 32.1 Å². The number of aliphatic hydroxyl groups is 3. The van der Waals surface area contributed by atoms with Gasteiger partial charge in [0, 0.05) is 0 Å². The predicted octanol–water partition coefficient (Wildman–Crippen LogP) is 16.7. The van der Waals surface area contributed by atoms with Gasteiger partial charge >= 0.3 is 0 Å². The van der Waals surface area contributed by atoms with Gasteiger partial charge in [-0.05, 0) is 19.3 Å². The normalized spacial score (nSPS) is 13.3. The number of aliphatic hydroxyl groups excluding tert-OH is 3. The van der Waals surface area contributed by atoms with Crippen LogP contribution in [0.5, 0.6) is 0 Å². The lowest BCUT2D eigenvalue weighted by Gasteiger charge is -2.21. The minimum atomic E-state index is -1.09. The van der Waals surface area contributed by atoms with Crippen molar-refractivity contribution in [2.45, 2.75) is 327 Å². The van der Waals surface area contributed by atoms with E-state index in [1.807, 2.05) is 6.08 Å². The molecule has 60 heavy (non-hydrogen) atoms. The van der Waals surface area contributed by atoms with Crippen molar-refractivity contribution in [3.63, 3.8) is 0 Å². The molecule has 3 unspecified atom stereocenters. The Morgan fingerprint density at radius 1 is 0.400 bits per heavy atom. The van der Waals surface area contributed by atoms with Crippen LogP contribution in [0.15, 0.2) is 12.2 Å². The van der Waals surface area contributed by atoms with Gasteiger partial charge in [-0.25, -0.2) is 0 Å². The summed E-state index contributed by atoms with van der Waals surface area (Å²) in [5.74, 6) is -0.496. The Kier molecular flexibility index (Phi) is 50.0. The fourth-order valence-corrected chi connectivity index (χ4v) is 8.84. The first kappa shape index (κ1) is 59.1. The highest BCUT2D eigenvalue weighted by Crippen LogP contribution is 2.18. The van der Waals surface area contributed by atoms with E-state index in [0.29, 0.717) is 6.42 Å². The van der Waals surface area contributed by atoms with E-state index in [9.17, 15) is 20.1 Å². The van der Waals surface area contributed by atoms with Crippen LogP contribution in [0.2, 0.25) is 0 Å². The van der Waals surface area contributed by atoms with Crippen LogP contribution in [0.4, 0.5) is 0 Å². The van der Waals surface area contributed by atoms with E-state index in [1.54, 1.807) is 6.08 Å². The Hall–Kier alpha value is -0.910. The molecule has 0 aliphatic carbocycles. The summed E-state index contributed by atoms with van der Waals surface area (Å²) in [6, 6.07) is -0.794. The van der Waals surface area contributed by atoms with E-state index < -0.39 is 24.2 Å². The largest absolute Gasteiger partial charge is 0.394 e. The molecule has 0 rings (SSSR count). The number of hydrogen-bond acceptors (Lipinski definition) is 4. The molecule has 0 fully saturated rings. The van der Waals surface area contributed by atoms with Gasteiger partial charge in [0.05, 0.1) is 18.8 Å². The summed E-state index contributed by atoms with van der Waals surface area (Å²) in [4.78, 5) is 12.5. The quantitative estimate of drug-likeness (QED) is 0.0363. The second-order valence-electron chi connectivity index (χ2n) is 19.2. The van der Waals surface area contributed by atoms with Crippen LogP contribution in [0.25, 0.3) is 0 Å². The van der Waals surface area contributed by atoms with Gasteiger partial charge in [-0.15, -0.1) is 0 Å². The highest BCUT2D eigenvalue weighted by molar-refractivity contribution is 5.80. The number of allylic oxidation sites excluding steroid dienone is 1. The molecule has 0 saturated heterocycles. The van der Waals surface area contributed by atoms with Crippen LogP contribution in [-0.2, 0) is 4.79 Å². The maximum Gasteiger partial charge on any atom is 0.249 e. The zero-order chi connectivity index (χ0) is 43.7. The molecule has 0 aromatic carbocycles. The Bertz CT molecular complexity index is 848. The monoisotopic (exact) mass is 848 g/mol. The minimum Gasteiger partial charge on any atom is -0.394 e. The van der Waals surface area contributed by atoms with Crippen LogP contribution in [0, 0.1) is 0 Å². The molecule has 0 heterocycles. The van der Waals surface area contributed by atoms with Crippen molar-refractivity contribution in [1.29, 1.82) is 0 Å². The SMILES string of the molecule is CCCCCCCCCCCCCCCCCCCCCCCCC/C=C/C(O)C(CO)NC(=O)C(O)CCCCCCCCCCCCCCCCCCCCCCC. The summed E-state index contributed by atoms with van der Waals surface area (Å²) in [5, 5.41) is 33.4. The summed E-state index contributed by atoms with van der Waals surface area (Å²) in [6.07, 6.45) is 62.8. The van der Waals surface area contributed by atoms with E-state index in [1.165, 1.54) is 257 Å². The zero-order valence-corrected chi connectivity index (χ0v) is 40.9. The molecule has 0 aliphatic rings. The minimum absolute atomic E-state index is 0.358. The summed E-state index contributed by atoms with van der Waals surface area (Å²) >= 11 is 0. The molecular formula is C55H109NO4. The molecule has 3 atom stereocenters. The molecule has 0 aromatic heterocycles. The Balaban J connectivity index is 3.55. The summed E-state index contributed by atoms with van der Waals surface area (Å²) in [5.41, 5.74) is 0. The van der Waals surface area contributed by atoms with Gasteiger partial charge in [0.25, 0.3) is 0 Å². The number of carbonyl (C=O) groups is 1. The van der Waals surface area contributed by atoms with Crippen LogP contribution in [-0.4, -0.2) is 46.1 Å². The number of amides is 1. The molecule has 358 valence electrons. The first-order valence-corrected chi connectivity index (χ1v) is 27.5. The van der Waals surface area contributed by atoms with E-state index in [-0.39, 0.29) is 6.61 Å². The smallest absolute Gasteiger partial charge is 0.249 e. The van der Waals surface area contributed by atoms with Crippen molar-refractivity contribution in [2.24, 2.45) is 0 Å². The van der Waals surface area contributed by atoms with E-state index in [4.69, 9.17) is 0 Å². The molecule has 5 nitrogen and oxygen atoms in total. The van der Waals surface area contributed by atoms with Crippen LogP contribution in [0.1, 0.15) is 309 Å². The van der Waals surface area contributed by atoms with Crippen molar-refractivity contribution in [3.05, 3.63) is 12.2 Å². The fourth-order valence-electron chi connectivity index (χ4n) is 8.84. The third-order valence-corrected chi connectivity index (χ3v) is 13.1. The van der Waals surface area contributed by atoms with Gasteiger partial charge in [-0.1, -0.05) is 302 Å². The van der Waals surface area contributed by atoms with Crippen molar-refractivity contribution < 1.29 is 20.1 Å². The predicted molar refractivity (Wildman–Crippen MR) is 264 cm³/mol. The van der Waals surface area contributed by atoms with E-state index >= 15 is 0 Å². The second kappa shape index (κ2) is 50.7. The van der Waals surface area contributed by atoms with Gasteiger partial charge in [0.2, 0.25) is 5.91 Å². The van der Waals surface area contributed by atoms with Gasteiger partial charge in [-0.3, -0.25) is 4.79 Å². The first-order valence-electron chi connectivity index (χ1n) is 27.5. The fraction of sp³-hybridized carbons (Fsp3) is 0.945. The Labute approximate surface area is 376 Å². The van der Waals surface area contributed by atoms with Crippen molar-refractivity contribution in [1.82, 2.24) is 5.32 Å². The number of hydrogen-bond donors (Lipinski definition) is 4. The first-order chi connectivity index (χ1) is 29.6. The number of carbonyl (C=O) groups excluding carboxylic acids is 1. The lowest BCUT2D eigenvalue weighted by Crippen LogP contribution is -2.48. The second-order valence-corrected chi connectivity index (χ2v) is 19.2. The van der Waals surface area contributed by atoms with Gasteiger partial charge in [0.1, 0.15) is 6.10 Å². The molecular weight excluding hydrogens is 739 g/mol. The van der Waals surface area contributed by atoms with Crippen molar-refractivity contribution in [2.75, 3.05) is 6.61 Å². The summed E-state index contributed by atoms with van der Waals surface area (Å²) < 4.78 is 0. The maximum atomic E-state index is 12.5. The van der Waals surface area contributed by atoms with Crippen molar-refractivity contribution >= 4 is 5.91 Å². The Morgan fingerprint density at radius 3 is 0.917 bits per heavy atom. The maximum absolute atomic E-state index is 12.5. The molecule has 0 aromatic rings. The van der Waals surface area contributed by atoms with E-state index in [2.05, 4.69) is 19.2 Å². The van der Waals surface area contributed by atoms with Crippen molar-refractivity contribution in [3.8, 4) is 0 Å². The number of unbranched alkanes of at least 4 members (excludes halogenated alkanes) is 43. The molecule has 0 aliphatic heterocycles. The van der Waals surface area contributed by atoms with Gasteiger partial charge in [-0.2, -0.15) is 0 Å². The third-order valence-electron chi connectivity index (χ3n) is 13.1. The highest BCUT2D eigenvalue weighted by atomic mass is 16.3. The molecule has 5 heteroatoms. The third kappa shape index (κ3) is 45.1. The van der Waals surface area contributed by atoms with Crippen LogP contribution < -0.4 is 5.32 Å². The lowest BCUT2D eigenvalue weighted by molar-refractivity contribution is -0.131. The summed E-state index contributed by atoms with van der Waals surface area (Å²) in [6.45, 7) is 4.22. The standard InChI is InChI=1S/C55H109NO4/c1-3-5-7-9-11-13-15-17-19-21-23-25-26-27-28-30-31-33-35-37-39-41-43-45-47-49-53(58)52(51-57)56-55(60)54(59)50-48-46-44-42-40-38-36-34-32-29-24-22-20-18-16-14-12-10-8-6-4-2/h47,49,52-54,57-59H,3-46,48,50-51H2,1-2H3,(H,56,60)/b49-47+. The molecule has 0 saturated carbocycles. The topological polar surface area (TPSA) is 89.8 Å². The Morgan fingerprint density at radius 2 is 0.650 bits per heavy atom. The number of rotatable bonds is 51. The summed E-state index contributed by atoms with van der Waals surface area (Å²) in [7, 11) is 0. The van der Waals surface area contributed by atoms with Crippen LogP contribution in [0.3, 0.4) is 0 Å². The van der Waals surface area contributed by atoms with Gasteiger partial charge in [0.15, 0.2) is 0 Å². The van der Waals surface area contributed by atoms with Gasteiger partial charge < -0.3 is 20.6 Å².